The van der Waals surface area contributed by atoms with E-state index in [2.05, 4.69) is 75.6 Å². The van der Waals surface area contributed by atoms with E-state index in [-0.39, 0.29) is 102 Å². The number of primary amides is 2. The third kappa shape index (κ3) is 28.0. The maximum Gasteiger partial charge on any atom is 0.246 e. The van der Waals surface area contributed by atoms with Crippen LogP contribution in [0.1, 0.15) is 160 Å². The molecule has 16 N–H and O–H groups in total. The van der Waals surface area contributed by atoms with Crippen molar-refractivity contribution in [3.05, 3.63) is 145 Å². The Kier molecular flexibility index (Phi) is 38.3. The van der Waals surface area contributed by atoms with E-state index in [0.29, 0.717) is 54.5 Å². The molecule has 0 radical (unpaired) electrons. The van der Waals surface area contributed by atoms with Crippen LogP contribution in [0.5, 0.6) is 5.75 Å². The summed E-state index contributed by atoms with van der Waals surface area (Å²) in [5.74, 6) is -17.4. The number of para-hydroxylation sites is 2. The minimum absolute atomic E-state index is 0.0289. The summed E-state index contributed by atoms with van der Waals surface area (Å²) < 4.78 is 0. The van der Waals surface area contributed by atoms with Gasteiger partial charge >= 0.3 is 0 Å². The van der Waals surface area contributed by atoms with Crippen LogP contribution in [-0.4, -0.2) is 275 Å². The molecule has 3 aromatic carbocycles. The van der Waals surface area contributed by atoms with Crippen LogP contribution in [0.25, 0.3) is 21.8 Å². The number of hydrogen-bond acceptors (Lipinski definition) is 20. The van der Waals surface area contributed by atoms with Crippen LogP contribution in [0.2, 0.25) is 0 Å². The molecule has 6 aromatic rings. The number of aromatic amines is 3. The monoisotopic (exact) mass is 1840 g/mol. The maximum absolute atomic E-state index is 15.9. The molecular formula is C94H127N19O18S. The summed E-state index contributed by atoms with van der Waals surface area (Å²) in [6.45, 7) is 15.8. The fourth-order valence-electron chi connectivity index (χ4n) is 17.2. The predicted octanol–water partition coefficient (Wildman–Crippen LogP) is 3.18. The molecule has 712 valence electrons. The van der Waals surface area contributed by atoms with Crippen LogP contribution in [0, 0.1) is 17.8 Å². The molecule has 0 spiro atoms. The van der Waals surface area contributed by atoms with Gasteiger partial charge in [0.25, 0.3) is 0 Å². The van der Waals surface area contributed by atoms with Gasteiger partial charge in [-0.1, -0.05) is 114 Å². The van der Waals surface area contributed by atoms with Gasteiger partial charge in [-0.05, 0) is 124 Å². The first-order chi connectivity index (χ1) is 63.0. The molecule has 38 heteroatoms. The number of nitrogens with zero attached hydrogens (tertiary/aromatic N) is 6. The zero-order valence-electron chi connectivity index (χ0n) is 76.3. The lowest BCUT2D eigenvalue weighted by molar-refractivity contribution is -0.150. The first-order valence-corrected chi connectivity index (χ1v) is 46.3. The SMILES string of the molecule is C=CC[C@@H]1NC(=O)[C@H](Cc2c[nH]c3ccccc23)CC(=O)[C@@H]2CCCN2C(=O)[C@H](CC(C)C)NC(=O)[C@H](Cc2cnc[nH]2)NC(=O)[C@@H]2CCCN2C(=O)[C@H](CC(N)=O)NC(=O)[C@H](C)N(C)C(=O)[C@H](Cc2ccc(O)cc2)NC(=O)CSC[C@@H](C(=O)NCC(N)=O)NC(=O)[C@H](CC=C)NC(=O)[C@H](CCCC)N(C)C(=O)[C@H](CCCC)N(C)C(=O)[C@H](Cc2c[nH]c3ccccc23)CC1=O. The number of carbonyl (C=O) groups excluding carboxylic acids is 17. The van der Waals surface area contributed by atoms with Crippen LogP contribution >= 0.6 is 11.8 Å². The normalized spacial score (nSPS) is 24.6. The number of fused-ring (bicyclic) bond motifs is 4. The van der Waals surface area contributed by atoms with Crippen molar-refractivity contribution >= 4 is 134 Å². The highest BCUT2D eigenvalue weighted by molar-refractivity contribution is 8.00. The highest BCUT2D eigenvalue weighted by atomic mass is 32.2. The van der Waals surface area contributed by atoms with Gasteiger partial charge in [-0.2, -0.15) is 0 Å². The molecule has 0 bridgehead atoms. The summed E-state index contributed by atoms with van der Waals surface area (Å²) in [5, 5.41) is 33.3. The molecule has 9 rings (SSSR count). The molecule has 3 aliphatic rings. The van der Waals surface area contributed by atoms with E-state index >= 15 is 38.4 Å². The number of H-pyrrole nitrogens is 3. The Hall–Kier alpha value is -13.0. The first-order valence-electron chi connectivity index (χ1n) is 45.1. The predicted molar refractivity (Wildman–Crippen MR) is 494 cm³/mol. The van der Waals surface area contributed by atoms with Crippen molar-refractivity contribution in [1.29, 1.82) is 0 Å². The number of imidazole rings is 1. The summed E-state index contributed by atoms with van der Waals surface area (Å²) in [6, 6.07) is 3.47. The van der Waals surface area contributed by atoms with Crippen LogP contribution in [0.15, 0.2) is 123 Å². The molecule has 15 amide bonds. The van der Waals surface area contributed by atoms with Gasteiger partial charge in [-0.3, -0.25) is 81.5 Å². The number of amides is 15. The van der Waals surface area contributed by atoms with Crippen LogP contribution in [-0.2, 0) is 107 Å². The molecular weight excluding hydrogens is 1720 g/mol. The lowest BCUT2D eigenvalue weighted by atomic mass is 9.88. The van der Waals surface area contributed by atoms with Gasteiger partial charge in [0.1, 0.15) is 66.2 Å². The molecule has 132 heavy (non-hydrogen) atoms. The van der Waals surface area contributed by atoms with E-state index in [9.17, 15) is 48.3 Å². The fraction of sp³-hybridized carbons (Fsp3) is 0.511. The smallest absolute Gasteiger partial charge is 0.246 e. The van der Waals surface area contributed by atoms with Gasteiger partial charge < -0.3 is 98.6 Å². The zero-order valence-corrected chi connectivity index (χ0v) is 77.1. The number of thioether (sulfide) groups is 1. The van der Waals surface area contributed by atoms with Gasteiger partial charge in [-0.25, -0.2) is 4.98 Å². The number of aromatic hydroxyl groups is 1. The number of benzene rings is 3. The highest BCUT2D eigenvalue weighted by Gasteiger charge is 2.46. The van der Waals surface area contributed by atoms with E-state index in [0.717, 1.165) is 43.4 Å². The summed E-state index contributed by atoms with van der Waals surface area (Å²) in [5.41, 5.74) is 14.7. The summed E-state index contributed by atoms with van der Waals surface area (Å²) >= 11 is 0.796. The number of rotatable bonds is 25. The van der Waals surface area contributed by atoms with Crippen LogP contribution in [0.3, 0.4) is 0 Å². The number of phenols is 1. The Balaban J connectivity index is 1.09. The molecule has 3 aromatic heterocycles. The second-order valence-electron chi connectivity index (χ2n) is 34.8. The van der Waals surface area contributed by atoms with E-state index in [4.69, 9.17) is 11.5 Å². The number of ketones is 2. The number of phenolic OH excluding ortho intramolecular Hbond substituents is 1. The largest absolute Gasteiger partial charge is 0.508 e. The molecule has 37 nitrogen and oxygen atoms in total. The van der Waals surface area contributed by atoms with Crippen molar-refractivity contribution in [2.75, 3.05) is 52.3 Å². The third-order valence-electron chi connectivity index (χ3n) is 24.5. The molecule has 3 aliphatic heterocycles. The minimum Gasteiger partial charge on any atom is -0.508 e. The number of likely N-dealkylation sites (N-methyl/N-ethyl adjacent to an activating group) is 3. The van der Waals surface area contributed by atoms with Gasteiger partial charge in [0.2, 0.25) is 88.6 Å². The van der Waals surface area contributed by atoms with Gasteiger partial charge in [0.15, 0.2) is 11.6 Å². The van der Waals surface area contributed by atoms with Crippen molar-refractivity contribution in [3.8, 4) is 5.75 Å². The molecule has 0 saturated carbocycles. The second kappa shape index (κ2) is 49.3. The number of Topliss-reactive ketones (excluding diaryl/α,β-unsaturated/α-hetero) is 2. The fourth-order valence-corrected chi connectivity index (χ4v) is 18.0. The Morgan fingerprint density at radius 2 is 1.10 bits per heavy atom. The van der Waals surface area contributed by atoms with E-state index in [1.165, 1.54) is 91.7 Å². The Morgan fingerprint density at radius 1 is 0.553 bits per heavy atom. The topological polar surface area (TPSA) is 535 Å². The molecule has 0 unspecified atom stereocenters. The number of nitrogens with one attached hydrogen (secondary N) is 11. The average molecular weight is 1840 g/mol. The van der Waals surface area contributed by atoms with Crippen molar-refractivity contribution < 1.29 is 86.6 Å². The quantitative estimate of drug-likeness (QED) is 0.0366. The molecule has 14 atom stereocenters. The standard InChI is InChI=1S/C94H127N19O18S/c1-11-15-29-75-88(125)104-68(24-14-4)86(123)108-73(85(122)100-50-81(96)118)51-132-52-82(119)102-71(40-56-33-35-62(114)36-34-56)91(128)109(8)55(7)83(120)106-72(46-80(95)117)93(130)113-38-22-32-76(113)89(126)105-69(45-61-49-97-53-101-61)87(124)107-70(39-54(5)6)92(129)112-37-21-31-74(112)79(116)43-57(41-59-47-98-65-27-19-17-25-63(59)65)84(121)103-67(23-13-3)78(115)44-58(42-60-48-99-66-28-20-18-26-64(60)66)90(127)111(10)77(30-16-12-2)94(131)110(75)9/h13-14,17-20,25-28,33-36,47-49,53-55,57-58,67-77,98-99,114H,3-4,11-12,15-16,21-24,29-32,37-46,50-52H2,1-2,5-10H3,(H2,95,117)(H2,96,118)(H,97,101)(H,100,122)(H,102,119)(H,103,121)(H,104,125)(H,105,126)(H,106,120)(H,107,124)(H,108,123)/t55-,57+,58+,67-,68-,69-,70-,71-,72-,73-,74-,75-,76-,77-/m0/s1. The van der Waals surface area contributed by atoms with Gasteiger partial charge in [-0.15, -0.1) is 24.9 Å². The van der Waals surface area contributed by atoms with E-state index < -0.39 is 222 Å². The summed E-state index contributed by atoms with van der Waals surface area (Å²) in [6.07, 6.45) is 9.17. The van der Waals surface area contributed by atoms with Crippen molar-refractivity contribution in [2.45, 2.75) is 236 Å². The highest BCUT2D eigenvalue weighted by Crippen LogP contribution is 2.31. The summed E-state index contributed by atoms with van der Waals surface area (Å²) in [4.78, 5) is 270. The first kappa shape index (κ1) is 103. The lowest BCUT2D eigenvalue weighted by Gasteiger charge is -2.36. The van der Waals surface area contributed by atoms with Gasteiger partial charge in [0, 0.05) is 124 Å². The van der Waals surface area contributed by atoms with Gasteiger partial charge in [0.05, 0.1) is 37.1 Å². The lowest BCUT2D eigenvalue weighted by Crippen LogP contribution is -2.60. The van der Waals surface area contributed by atoms with Crippen molar-refractivity contribution in [2.24, 2.45) is 29.2 Å². The molecule has 3 fully saturated rings. The van der Waals surface area contributed by atoms with Crippen molar-refractivity contribution in [3.63, 3.8) is 0 Å². The number of hydrogen-bond donors (Lipinski definition) is 14. The van der Waals surface area contributed by atoms with E-state index in [1.54, 1.807) is 12.4 Å². The average Bonchev–Trinajstić information content (AvgIpc) is 1.73. The molecule has 3 saturated heterocycles. The Morgan fingerprint density at radius 3 is 1.70 bits per heavy atom. The molecule has 0 aliphatic carbocycles. The Bertz CT molecular complexity index is 5130. The molecule has 6 heterocycles. The van der Waals surface area contributed by atoms with Crippen LogP contribution in [0.4, 0.5) is 0 Å². The van der Waals surface area contributed by atoms with Crippen molar-refractivity contribution in [1.82, 2.24) is 87.0 Å². The minimum atomic E-state index is -1.74. The number of unbranched alkanes of at least 4 members (excludes halogenated alkanes) is 2. The van der Waals surface area contributed by atoms with Crippen LogP contribution < -0.4 is 54.0 Å². The number of nitrogens with two attached hydrogens (primary N) is 2. The number of aromatic nitrogens is 4. The number of carbonyl (C=O) groups is 17. The summed E-state index contributed by atoms with van der Waals surface area (Å²) in [7, 11) is 4.10. The van der Waals surface area contributed by atoms with E-state index in [1.807, 2.05) is 76.2 Å². The zero-order chi connectivity index (χ0) is 96.2. The second-order valence-corrected chi connectivity index (χ2v) is 35.8. The Labute approximate surface area is 771 Å². The maximum atomic E-state index is 15.9. The third-order valence-corrected chi connectivity index (χ3v) is 25.6.